The van der Waals surface area contributed by atoms with Crippen LogP contribution in [0.2, 0.25) is 0 Å². The highest BCUT2D eigenvalue weighted by Crippen LogP contribution is 2.49. The maximum Gasteiger partial charge on any atom is 0.647 e. The van der Waals surface area contributed by atoms with Gasteiger partial charge in [0.2, 0.25) is 0 Å². The van der Waals surface area contributed by atoms with Crippen LogP contribution >= 0.6 is 7.82 Å². The van der Waals surface area contributed by atoms with Crippen LogP contribution in [0.4, 0.5) is 0 Å². The number of esters is 1. The highest BCUT2D eigenvalue weighted by molar-refractivity contribution is 7.49. The number of phosphoric ester groups is 1. The lowest BCUT2D eigenvalue weighted by Gasteiger charge is -2.19. The van der Waals surface area contributed by atoms with Crippen LogP contribution < -0.4 is 13.6 Å². The molecule has 144 valence electrons. The first-order valence-electron chi connectivity index (χ1n) is 8.64. The summed E-state index contributed by atoms with van der Waals surface area (Å²) in [5, 5.41) is 0. The highest BCUT2D eigenvalue weighted by Gasteiger charge is 2.33. The molecule has 0 spiro atoms. The summed E-state index contributed by atoms with van der Waals surface area (Å²) < 4.78 is 34.9. The average Bonchev–Trinajstić information content (AvgIpc) is 2.70. The molecule has 0 N–H and O–H groups in total. The molecule has 0 heterocycles. The number of phosphoric acid groups is 1. The van der Waals surface area contributed by atoms with Gasteiger partial charge < -0.3 is 18.3 Å². The third-order valence-corrected chi connectivity index (χ3v) is 4.81. The molecule has 0 aliphatic carbocycles. The van der Waals surface area contributed by atoms with E-state index in [2.05, 4.69) is 0 Å². The monoisotopic (exact) mass is 398 g/mol. The van der Waals surface area contributed by atoms with E-state index >= 15 is 0 Å². The van der Waals surface area contributed by atoms with Gasteiger partial charge in [-0.15, -0.1) is 0 Å². The highest BCUT2D eigenvalue weighted by atomic mass is 31.2. The number of carbonyl (C=O) groups excluding carboxylic acids is 1. The molecule has 3 rings (SSSR count). The van der Waals surface area contributed by atoms with E-state index in [9.17, 15) is 9.36 Å². The van der Waals surface area contributed by atoms with Crippen molar-refractivity contribution in [2.24, 2.45) is 0 Å². The van der Waals surface area contributed by atoms with Crippen molar-refractivity contribution in [3.63, 3.8) is 0 Å². The molecule has 0 amide bonds. The molecule has 0 radical (unpaired) electrons. The van der Waals surface area contributed by atoms with Crippen LogP contribution in [0, 0.1) is 0 Å². The Hall–Kier alpha value is -3.24. The van der Waals surface area contributed by atoms with Gasteiger partial charge in [-0.25, -0.2) is 4.79 Å². The summed E-state index contributed by atoms with van der Waals surface area (Å²) in [4.78, 5) is 11.8. The molecule has 0 saturated heterocycles. The molecule has 0 fully saturated rings. The van der Waals surface area contributed by atoms with Gasteiger partial charge in [-0.1, -0.05) is 36.4 Å². The van der Waals surface area contributed by atoms with E-state index in [1.165, 1.54) is 24.3 Å². The molecular formula is C21H19O6P. The van der Waals surface area contributed by atoms with Crippen LogP contribution in [0.3, 0.4) is 0 Å². The Labute approximate surface area is 163 Å². The van der Waals surface area contributed by atoms with Gasteiger partial charge in [0.25, 0.3) is 0 Å². The van der Waals surface area contributed by atoms with Gasteiger partial charge in [0.05, 0.1) is 12.2 Å². The van der Waals surface area contributed by atoms with Gasteiger partial charge in [0.1, 0.15) is 17.2 Å². The Balaban J connectivity index is 1.82. The molecule has 28 heavy (non-hydrogen) atoms. The molecular weight excluding hydrogens is 379 g/mol. The van der Waals surface area contributed by atoms with E-state index in [1.54, 1.807) is 55.5 Å². The first-order chi connectivity index (χ1) is 13.6. The van der Waals surface area contributed by atoms with Gasteiger partial charge >= 0.3 is 13.8 Å². The van der Waals surface area contributed by atoms with E-state index < -0.39 is 13.8 Å². The van der Waals surface area contributed by atoms with Gasteiger partial charge in [0, 0.05) is 0 Å². The molecule has 0 atom stereocenters. The van der Waals surface area contributed by atoms with Crippen molar-refractivity contribution in [2.45, 2.75) is 6.92 Å². The van der Waals surface area contributed by atoms with E-state index in [1.807, 2.05) is 12.1 Å². The van der Waals surface area contributed by atoms with Crippen molar-refractivity contribution in [1.29, 1.82) is 0 Å². The van der Waals surface area contributed by atoms with E-state index in [-0.39, 0.29) is 12.4 Å². The van der Waals surface area contributed by atoms with Crippen molar-refractivity contribution in [3.05, 3.63) is 90.5 Å². The third-order valence-electron chi connectivity index (χ3n) is 3.50. The minimum Gasteiger partial charge on any atom is -0.462 e. The molecule has 3 aromatic carbocycles. The van der Waals surface area contributed by atoms with Crippen LogP contribution in [-0.2, 0) is 9.30 Å². The predicted molar refractivity (Wildman–Crippen MR) is 105 cm³/mol. The molecule has 0 aliphatic rings. The second-order valence-electron chi connectivity index (χ2n) is 5.59. The number of carbonyl (C=O) groups is 1. The number of benzene rings is 3. The number of hydrogen-bond donors (Lipinski definition) is 0. The fourth-order valence-electron chi connectivity index (χ4n) is 2.27. The first kappa shape index (κ1) is 19.5. The fourth-order valence-corrected chi connectivity index (χ4v) is 3.52. The zero-order valence-corrected chi connectivity index (χ0v) is 16.1. The topological polar surface area (TPSA) is 71.1 Å². The van der Waals surface area contributed by atoms with Crippen LogP contribution in [0.15, 0.2) is 84.9 Å². The molecule has 0 aromatic heterocycles. The lowest BCUT2D eigenvalue weighted by atomic mass is 10.2. The predicted octanol–water partition coefficient (Wildman–Crippen LogP) is 5.51. The normalized spacial score (nSPS) is 10.8. The van der Waals surface area contributed by atoms with Crippen molar-refractivity contribution in [2.75, 3.05) is 6.61 Å². The summed E-state index contributed by atoms with van der Waals surface area (Å²) >= 11 is 0. The van der Waals surface area contributed by atoms with Gasteiger partial charge in [0.15, 0.2) is 0 Å². The van der Waals surface area contributed by atoms with E-state index in [0.29, 0.717) is 17.1 Å². The van der Waals surface area contributed by atoms with Gasteiger partial charge in [-0.3, -0.25) is 0 Å². The summed E-state index contributed by atoms with van der Waals surface area (Å²) in [5.41, 5.74) is 0.358. The fraction of sp³-hybridized carbons (Fsp3) is 0.0952. The SMILES string of the molecule is CCOC(=O)c1ccc(OP(=O)(Oc2ccccc2)Oc2ccccc2)cc1. The van der Waals surface area contributed by atoms with Gasteiger partial charge in [-0.05, 0) is 55.5 Å². The lowest BCUT2D eigenvalue weighted by molar-refractivity contribution is 0.0526. The Bertz CT molecular complexity index is 896. The molecule has 0 aliphatic heterocycles. The van der Waals surface area contributed by atoms with Crippen LogP contribution in [0.25, 0.3) is 0 Å². The summed E-state index contributed by atoms with van der Waals surface area (Å²) in [6, 6.07) is 23.2. The molecule has 0 unspecified atom stereocenters. The Morgan fingerprint density at radius 1 is 0.714 bits per heavy atom. The number of hydrogen-bond acceptors (Lipinski definition) is 6. The minimum atomic E-state index is -4.05. The van der Waals surface area contributed by atoms with E-state index in [0.717, 1.165) is 0 Å². The maximum atomic E-state index is 13.3. The second kappa shape index (κ2) is 9.11. The maximum absolute atomic E-state index is 13.3. The molecule has 0 bridgehead atoms. The Morgan fingerprint density at radius 3 is 1.57 bits per heavy atom. The first-order valence-corrected chi connectivity index (χ1v) is 10.1. The number of ether oxygens (including phenoxy) is 1. The average molecular weight is 398 g/mol. The zero-order chi connectivity index (χ0) is 19.8. The summed E-state index contributed by atoms with van der Waals surface area (Å²) in [6.07, 6.45) is 0. The smallest absolute Gasteiger partial charge is 0.462 e. The molecule has 7 heteroatoms. The standard InChI is InChI=1S/C21H19O6P/c1-2-24-21(22)17-13-15-20(16-14-17)27-28(23,25-18-9-5-3-6-10-18)26-19-11-7-4-8-12-19/h3-16H,2H2,1H3. The summed E-state index contributed by atoms with van der Waals surface area (Å²) in [6.45, 7) is 2.01. The molecule has 3 aromatic rings. The van der Waals surface area contributed by atoms with Crippen molar-refractivity contribution in [1.82, 2.24) is 0 Å². The number of para-hydroxylation sites is 2. The molecule has 6 nitrogen and oxygen atoms in total. The van der Waals surface area contributed by atoms with Crippen molar-refractivity contribution >= 4 is 13.8 Å². The summed E-state index contributed by atoms with van der Waals surface area (Å²) in [7, 11) is -4.05. The van der Waals surface area contributed by atoms with Crippen LogP contribution in [0.5, 0.6) is 17.2 Å². The van der Waals surface area contributed by atoms with Crippen LogP contribution in [0.1, 0.15) is 17.3 Å². The lowest BCUT2D eigenvalue weighted by Crippen LogP contribution is -2.08. The molecule has 0 saturated carbocycles. The van der Waals surface area contributed by atoms with E-state index in [4.69, 9.17) is 18.3 Å². The largest absolute Gasteiger partial charge is 0.647 e. The second-order valence-corrected chi connectivity index (χ2v) is 7.03. The van der Waals surface area contributed by atoms with Crippen LogP contribution in [-0.4, -0.2) is 12.6 Å². The van der Waals surface area contributed by atoms with Crippen molar-refractivity contribution < 1.29 is 27.7 Å². The minimum absolute atomic E-state index is 0.225. The quantitative estimate of drug-likeness (QED) is 0.368. The number of rotatable bonds is 8. The van der Waals surface area contributed by atoms with Gasteiger partial charge in [-0.2, -0.15) is 4.57 Å². The Morgan fingerprint density at radius 2 is 1.14 bits per heavy atom. The third kappa shape index (κ3) is 5.38. The zero-order valence-electron chi connectivity index (χ0n) is 15.2. The van der Waals surface area contributed by atoms with Crippen molar-refractivity contribution in [3.8, 4) is 17.2 Å². The Kier molecular flexibility index (Phi) is 6.35. The summed E-state index contributed by atoms with van der Waals surface area (Å²) in [5.74, 6) is 0.455.